The fraction of sp³-hybridized carbons (Fsp3) is 0.324. The van der Waals surface area contributed by atoms with Gasteiger partial charge in [-0.2, -0.15) is 0 Å². The summed E-state index contributed by atoms with van der Waals surface area (Å²) in [5, 5.41) is 0. The van der Waals surface area contributed by atoms with E-state index in [4.69, 9.17) is 11.5 Å². The molecule has 4 N–H and O–H groups in total. The summed E-state index contributed by atoms with van der Waals surface area (Å²) in [7, 11) is 0. The number of hydrogen-bond donors (Lipinski definition) is 2. The number of rotatable bonds is 8. The van der Waals surface area contributed by atoms with Crippen LogP contribution in [0.4, 0.5) is 5.69 Å². The van der Waals surface area contributed by atoms with Crippen molar-refractivity contribution in [2.45, 2.75) is 45.1 Å². The molecule has 7 heteroatoms. The second-order valence-corrected chi connectivity index (χ2v) is 11.0. The lowest BCUT2D eigenvalue weighted by molar-refractivity contribution is -0.127. The van der Waals surface area contributed by atoms with Gasteiger partial charge >= 0.3 is 0 Å². The Bertz CT molecular complexity index is 1460. The summed E-state index contributed by atoms with van der Waals surface area (Å²) in [6.07, 6.45) is 4.07. The van der Waals surface area contributed by atoms with E-state index >= 15 is 0 Å². The molecular formula is C34H39N5O2. The zero-order valence-electron chi connectivity index (χ0n) is 23.9. The number of fused-ring (bicyclic) bond motifs is 1. The lowest BCUT2D eigenvalue weighted by atomic mass is 9.95. The summed E-state index contributed by atoms with van der Waals surface area (Å²) in [5.41, 5.74) is 18.7. The van der Waals surface area contributed by atoms with Crippen LogP contribution in [-0.4, -0.2) is 59.7 Å². The van der Waals surface area contributed by atoms with E-state index in [1.807, 2.05) is 76.5 Å². The molecule has 41 heavy (non-hydrogen) atoms. The fourth-order valence-electron chi connectivity index (χ4n) is 5.80. The zero-order valence-corrected chi connectivity index (χ0v) is 23.9. The highest BCUT2D eigenvalue weighted by Gasteiger charge is 2.34. The quantitative estimate of drug-likeness (QED) is 0.395. The third kappa shape index (κ3) is 6.25. The van der Waals surface area contributed by atoms with Gasteiger partial charge in [0, 0.05) is 61.3 Å². The molecule has 0 spiro atoms. The first kappa shape index (κ1) is 28.3. The van der Waals surface area contributed by atoms with Crippen LogP contribution in [0, 0.1) is 0 Å². The summed E-state index contributed by atoms with van der Waals surface area (Å²) >= 11 is 0. The van der Waals surface area contributed by atoms with E-state index in [1.54, 1.807) is 0 Å². The normalized spacial score (nSPS) is 18.3. The maximum atomic E-state index is 13.3. The van der Waals surface area contributed by atoms with Crippen LogP contribution in [0.3, 0.4) is 0 Å². The number of amidine groups is 1. The molecule has 1 fully saturated rings. The van der Waals surface area contributed by atoms with Crippen molar-refractivity contribution in [3.63, 3.8) is 0 Å². The van der Waals surface area contributed by atoms with Crippen molar-refractivity contribution >= 4 is 29.4 Å². The minimum Gasteiger partial charge on any atom is -0.387 e. The van der Waals surface area contributed by atoms with Crippen molar-refractivity contribution in [1.82, 2.24) is 9.80 Å². The van der Waals surface area contributed by atoms with Gasteiger partial charge in [0.1, 0.15) is 5.84 Å². The van der Waals surface area contributed by atoms with E-state index < -0.39 is 0 Å². The van der Waals surface area contributed by atoms with Gasteiger partial charge in [0.25, 0.3) is 5.91 Å². The molecule has 2 aliphatic heterocycles. The molecule has 2 atom stereocenters. The van der Waals surface area contributed by atoms with Crippen molar-refractivity contribution in [3.05, 3.63) is 95.1 Å². The number of nitrogens with two attached hydrogens (primary N) is 2. The Labute approximate surface area is 242 Å². The Hall–Kier alpha value is -4.23. The van der Waals surface area contributed by atoms with E-state index in [0.29, 0.717) is 36.5 Å². The molecule has 2 heterocycles. The molecule has 0 radical (unpaired) electrons. The topological polar surface area (TPSA) is 105 Å². The highest BCUT2D eigenvalue weighted by Crippen LogP contribution is 2.33. The number of hydrogen-bond acceptors (Lipinski definition) is 5. The minimum atomic E-state index is -0.0839. The van der Waals surface area contributed by atoms with Gasteiger partial charge in [0.15, 0.2) is 0 Å². The standard InChI is InChI=1S/C34H39N5O2/c1-3-16-38(17-4-2)34(41)28-18-27-15-14-26(19-31(27)37-32(36)20-28)23-10-12-25(13-11-23)33(40)39-21-29(30(35)22-39)24-8-6-5-7-9-24/h5-15,18-19,29-30H,3-4,16-17,20-22,35H2,1-2H3,(H2,36,37). The first-order valence-electron chi connectivity index (χ1n) is 14.5. The van der Waals surface area contributed by atoms with E-state index in [2.05, 4.69) is 31.0 Å². The van der Waals surface area contributed by atoms with Crippen LogP contribution >= 0.6 is 0 Å². The van der Waals surface area contributed by atoms with E-state index in [9.17, 15) is 9.59 Å². The first-order chi connectivity index (χ1) is 19.9. The van der Waals surface area contributed by atoms with Crippen molar-refractivity contribution in [3.8, 4) is 11.1 Å². The third-order valence-electron chi connectivity index (χ3n) is 7.89. The average molecular weight is 550 g/mol. The summed E-state index contributed by atoms with van der Waals surface area (Å²) in [4.78, 5) is 35.0. The van der Waals surface area contributed by atoms with Gasteiger partial charge in [-0.3, -0.25) is 9.59 Å². The minimum absolute atomic E-state index is 0.00717. The molecule has 2 unspecified atom stereocenters. The number of likely N-dealkylation sites (tertiary alicyclic amines) is 1. The largest absolute Gasteiger partial charge is 0.387 e. The molecule has 7 nitrogen and oxygen atoms in total. The third-order valence-corrected chi connectivity index (χ3v) is 7.89. The second kappa shape index (κ2) is 12.5. The molecule has 1 saturated heterocycles. The monoisotopic (exact) mass is 549 g/mol. The van der Waals surface area contributed by atoms with Crippen LogP contribution < -0.4 is 11.5 Å². The molecule has 3 aromatic carbocycles. The number of benzene rings is 3. The van der Waals surface area contributed by atoms with E-state index in [-0.39, 0.29) is 23.8 Å². The van der Waals surface area contributed by atoms with Crippen molar-refractivity contribution < 1.29 is 9.59 Å². The molecular weight excluding hydrogens is 510 g/mol. The SMILES string of the molecule is CCCN(CCC)C(=O)C1=Cc2ccc(-c3ccc(C(=O)N4CC(N)C(c5ccccc5)C4)cc3)cc2N=C(N)C1. The number of amides is 2. The predicted octanol–water partition coefficient (Wildman–Crippen LogP) is 5.34. The molecule has 5 rings (SSSR count). The summed E-state index contributed by atoms with van der Waals surface area (Å²) in [6, 6.07) is 23.7. The lowest BCUT2D eigenvalue weighted by Crippen LogP contribution is -2.34. The van der Waals surface area contributed by atoms with Crippen molar-refractivity contribution in [2.24, 2.45) is 16.5 Å². The highest BCUT2D eigenvalue weighted by atomic mass is 16.2. The van der Waals surface area contributed by atoms with Gasteiger partial charge in [0.05, 0.1) is 5.69 Å². The molecule has 0 aromatic heterocycles. The smallest absolute Gasteiger partial charge is 0.253 e. The molecule has 0 saturated carbocycles. The molecule has 3 aromatic rings. The Balaban J connectivity index is 1.33. The Morgan fingerprint density at radius 2 is 1.61 bits per heavy atom. The molecule has 0 aliphatic carbocycles. The van der Waals surface area contributed by atoms with Crippen LogP contribution in [0.2, 0.25) is 0 Å². The van der Waals surface area contributed by atoms with Gasteiger partial charge in [-0.1, -0.05) is 68.4 Å². The summed E-state index contributed by atoms with van der Waals surface area (Å²) in [6.45, 7) is 6.76. The number of carbonyl (C=O) groups is 2. The van der Waals surface area contributed by atoms with Gasteiger partial charge in [-0.15, -0.1) is 0 Å². The summed E-state index contributed by atoms with van der Waals surface area (Å²) in [5.74, 6) is 0.579. The number of aliphatic imine (C=N–C) groups is 1. The van der Waals surface area contributed by atoms with Gasteiger partial charge in [0.2, 0.25) is 5.91 Å². The maximum Gasteiger partial charge on any atom is 0.253 e. The highest BCUT2D eigenvalue weighted by molar-refractivity contribution is 6.05. The Kier molecular flexibility index (Phi) is 8.64. The Morgan fingerprint density at radius 1 is 0.927 bits per heavy atom. The fourth-order valence-corrected chi connectivity index (χ4v) is 5.80. The molecule has 212 valence electrons. The first-order valence-corrected chi connectivity index (χ1v) is 14.5. The van der Waals surface area contributed by atoms with Crippen molar-refractivity contribution in [2.75, 3.05) is 26.2 Å². The van der Waals surface area contributed by atoms with Crippen LogP contribution in [-0.2, 0) is 4.79 Å². The van der Waals surface area contributed by atoms with Crippen molar-refractivity contribution in [1.29, 1.82) is 0 Å². The van der Waals surface area contributed by atoms with Gasteiger partial charge in [-0.25, -0.2) is 4.99 Å². The molecule has 0 bridgehead atoms. The van der Waals surface area contributed by atoms with E-state index in [0.717, 1.165) is 48.3 Å². The second-order valence-electron chi connectivity index (χ2n) is 11.0. The van der Waals surface area contributed by atoms with Crippen LogP contribution in [0.1, 0.15) is 60.5 Å². The van der Waals surface area contributed by atoms with Gasteiger partial charge in [-0.05, 0) is 53.8 Å². The predicted molar refractivity (Wildman–Crippen MR) is 166 cm³/mol. The average Bonchev–Trinajstić information content (AvgIpc) is 3.29. The zero-order chi connectivity index (χ0) is 28.9. The molecule has 2 aliphatic rings. The number of nitrogens with zero attached hydrogens (tertiary/aromatic N) is 3. The van der Waals surface area contributed by atoms with Crippen LogP contribution in [0.15, 0.2) is 83.4 Å². The van der Waals surface area contributed by atoms with E-state index in [1.165, 1.54) is 5.56 Å². The summed E-state index contributed by atoms with van der Waals surface area (Å²) < 4.78 is 0. The molecule has 2 amide bonds. The maximum absolute atomic E-state index is 13.3. The number of carbonyl (C=O) groups excluding carboxylic acids is 2. The van der Waals surface area contributed by atoms with Crippen LogP contribution in [0.25, 0.3) is 17.2 Å². The van der Waals surface area contributed by atoms with Gasteiger partial charge < -0.3 is 21.3 Å². The van der Waals surface area contributed by atoms with Crippen LogP contribution in [0.5, 0.6) is 0 Å². The Morgan fingerprint density at radius 3 is 2.29 bits per heavy atom. The lowest BCUT2D eigenvalue weighted by Gasteiger charge is -2.22.